The van der Waals surface area contributed by atoms with E-state index in [9.17, 15) is 15.0 Å². The molecule has 4 aromatic rings. The molecule has 5 rings (SSSR count). The van der Waals surface area contributed by atoms with E-state index in [0.717, 1.165) is 43.1 Å². The third kappa shape index (κ3) is 4.05. The van der Waals surface area contributed by atoms with Gasteiger partial charge in [-0.1, -0.05) is 0 Å². The zero-order valence-electron chi connectivity index (χ0n) is 19.1. The van der Waals surface area contributed by atoms with Gasteiger partial charge in [0.1, 0.15) is 23.1 Å². The number of aromatic nitrogens is 2. The van der Waals surface area contributed by atoms with Gasteiger partial charge in [-0.25, -0.2) is 4.98 Å². The van der Waals surface area contributed by atoms with E-state index in [1.807, 2.05) is 25.1 Å². The Morgan fingerprint density at radius 2 is 1.62 bits per heavy atom. The van der Waals surface area contributed by atoms with Crippen LogP contribution in [-0.2, 0) is 0 Å². The van der Waals surface area contributed by atoms with E-state index in [-0.39, 0.29) is 17.1 Å². The van der Waals surface area contributed by atoms with E-state index < -0.39 is 0 Å². The highest BCUT2D eigenvalue weighted by Gasteiger charge is 2.22. The second-order valence-electron chi connectivity index (χ2n) is 8.46. The molecule has 1 saturated heterocycles. The summed E-state index contributed by atoms with van der Waals surface area (Å²) in [5.41, 5.74) is 2.51. The second kappa shape index (κ2) is 9.09. The second-order valence-corrected chi connectivity index (χ2v) is 8.46. The zero-order chi connectivity index (χ0) is 23.7. The Morgan fingerprint density at radius 1 is 0.882 bits per heavy atom. The van der Waals surface area contributed by atoms with Gasteiger partial charge in [0.25, 0.3) is 5.56 Å². The van der Waals surface area contributed by atoms with Crippen molar-refractivity contribution in [1.82, 2.24) is 9.55 Å². The lowest BCUT2D eigenvalue weighted by Crippen LogP contribution is -2.32. The maximum absolute atomic E-state index is 13.9. The van der Waals surface area contributed by atoms with Crippen LogP contribution in [0.1, 0.15) is 26.2 Å². The van der Waals surface area contributed by atoms with Crippen molar-refractivity contribution in [2.45, 2.75) is 26.2 Å². The van der Waals surface area contributed by atoms with Crippen molar-refractivity contribution < 1.29 is 14.9 Å². The van der Waals surface area contributed by atoms with Crippen LogP contribution in [0, 0.1) is 0 Å². The molecule has 3 aromatic carbocycles. The number of aromatic hydroxyl groups is 2. The Morgan fingerprint density at radius 3 is 2.35 bits per heavy atom. The van der Waals surface area contributed by atoms with Crippen LogP contribution in [0.5, 0.6) is 17.2 Å². The average Bonchev–Trinajstić information content (AvgIpc) is 2.85. The van der Waals surface area contributed by atoms with Crippen LogP contribution in [0.15, 0.2) is 65.5 Å². The summed E-state index contributed by atoms with van der Waals surface area (Å²) in [6, 6.07) is 17.0. The fourth-order valence-electron chi connectivity index (χ4n) is 4.54. The number of phenolic OH excluding ortho intramolecular Hbond substituents is 2. The zero-order valence-corrected chi connectivity index (χ0v) is 19.1. The summed E-state index contributed by atoms with van der Waals surface area (Å²) in [6.45, 7) is 4.31. The predicted octanol–water partition coefficient (Wildman–Crippen LogP) is 4.85. The lowest BCUT2D eigenvalue weighted by Gasteiger charge is -2.31. The molecule has 0 bridgehead atoms. The molecule has 34 heavy (non-hydrogen) atoms. The van der Waals surface area contributed by atoms with Gasteiger partial charge in [0.2, 0.25) is 0 Å². The fraction of sp³-hybridized carbons (Fsp3) is 0.259. The first-order valence-corrected chi connectivity index (χ1v) is 11.6. The van der Waals surface area contributed by atoms with Crippen molar-refractivity contribution in [3.63, 3.8) is 0 Å². The highest BCUT2D eigenvalue weighted by Crippen LogP contribution is 2.34. The van der Waals surface area contributed by atoms with Gasteiger partial charge < -0.3 is 19.8 Å². The molecule has 1 aromatic heterocycles. The molecule has 7 heteroatoms. The summed E-state index contributed by atoms with van der Waals surface area (Å²) in [6.07, 6.45) is 3.37. The molecule has 0 spiro atoms. The number of phenols is 2. The number of hydrogen-bond donors (Lipinski definition) is 2. The number of ether oxygens (including phenoxy) is 1. The molecule has 2 N–H and O–H groups in total. The topological polar surface area (TPSA) is 87.8 Å². The predicted molar refractivity (Wildman–Crippen MR) is 133 cm³/mol. The van der Waals surface area contributed by atoms with Crippen LogP contribution in [0.3, 0.4) is 0 Å². The molecule has 1 aliphatic rings. The number of hydrogen-bond acceptors (Lipinski definition) is 6. The Labute approximate surface area is 197 Å². The van der Waals surface area contributed by atoms with Crippen molar-refractivity contribution >= 4 is 16.6 Å². The van der Waals surface area contributed by atoms with Crippen molar-refractivity contribution in [2.75, 3.05) is 24.6 Å². The molecule has 2 heterocycles. The first-order chi connectivity index (χ1) is 16.5. The fourth-order valence-corrected chi connectivity index (χ4v) is 4.54. The number of fused-ring (bicyclic) bond motifs is 1. The molecule has 0 radical (unpaired) electrons. The minimum Gasteiger partial charge on any atom is -0.508 e. The molecule has 1 aliphatic heterocycles. The largest absolute Gasteiger partial charge is 0.508 e. The molecule has 0 amide bonds. The van der Waals surface area contributed by atoms with Crippen LogP contribution < -0.4 is 15.2 Å². The number of rotatable bonds is 5. The Kier molecular flexibility index (Phi) is 5.84. The number of piperidine rings is 1. The van der Waals surface area contributed by atoms with E-state index in [1.165, 1.54) is 18.6 Å². The van der Waals surface area contributed by atoms with Crippen LogP contribution in [-0.4, -0.2) is 39.5 Å². The van der Waals surface area contributed by atoms with Gasteiger partial charge in [-0.15, -0.1) is 0 Å². The van der Waals surface area contributed by atoms with Crippen LogP contribution in [0.2, 0.25) is 0 Å². The molecule has 7 nitrogen and oxygen atoms in total. The molecule has 0 atom stereocenters. The highest BCUT2D eigenvalue weighted by atomic mass is 16.5. The van der Waals surface area contributed by atoms with E-state index in [1.54, 1.807) is 34.9 Å². The molecular weight excluding hydrogens is 430 g/mol. The average molecular weight is 458 g/mol. The molecule has 0 unspecified atom stereocenters. The van der Waals surface area contributed by atoms with Gasteiger partial charge in [-0.3, -0.25) is 9.36 Å². The van der Waals surface area contributed by atoms with Crippen molar-refractivity contribution in [3.05, 3.63) is 71.0 Å². The molecule has 0 aliphatic carbocycles. The van der Waals surface area contributed by atoms with Gasteiger partial charge in [0.15, 0.2) is 0 Å². The Bertz CT molecular complexity index is 1390. The summed E-state index contributed by atoms with van der Waals surface area (Å²) in [5.74, 6) is 1.37. The van der Waals surface area contributed by atoms with E-state index in [0.29, 0.717) is 28.9 Å². The lowest BCUT2D eigenvalue weighted by atomic mass is 10.1. The standard InChI is InChI=1S/C27H27N3O4/c1-2-34-21-11-13-24(25(17-21)29-14-4-3-5-15-29)30-26(18-6-8-19(31)9-7-18)28-23-16-20(32)10-12-22(23)27(30)33/h6-13,16-17,31-32H,2-5,14-15H2,1H3. The summed E-state index contributed by atoms with van der Waals surface area (Å²) >= 11 is 0. The summed E-state index contributed by atoms with van der Waals surface area (Å²) < 4.78 is 7.42. The number of benzene rings is 3. The quantitative estimate of drug-likeness (QED) is 0.445. The Balaban J connectivity index is 1.81. The highest BCUT2D eigenvalue weighted by molar-refractivity contribution is 5.83. The van der Waals surface area contributed by atoms with E-state index in [2.05, 4.69) is 4.90 Å². The SMILES string of the molecule is CCOc1ccc(-n2c(-c3ccc(O)cc3)nc3cc(O)ccc3c2=O)c(N2CCCCC2)c1. The minimum atomic E-state index is -0.226. The third-order valence-corrected chi connectivity index (χ3v) is 6.17. The number of anilines is 1. The number of nitrogens with zero attached hydrogens (tertiary/aromatic N) is 3. The third-order valence-electron chi connectivity index (χ3n) is 6.17. The molecule has 1 fully saturated rings. The Hall–Kier alpha value is -4.00. The van der Waals surface area contributed by atoms with Crippen molar-refractivity contribution in [3.8, 4) is 34.3 Å². The first kappa shape index (κ1) is 21.8. The first-order valence-electron chi connectivity index (χ1n) is 11.6. The maximum Gasteiger partial charge on any atom is 0.266 e. The maximum atomic E-state index is 13.9. The van der Waals surface area contributed by atoms with Gasteiger partial charge in [-0.05, 0) is 74.7 Å². The molecular formula is C27H27N3O4. The van der Waals surface area contributed by atoms with Crippen molar-refractivity contribution in [1.29, 1.82) is 0 Å². The van der Waals surface area contributed by atoms with Crippen LogP contribution in [0.25, 0.3) is 28.0 Å². The van der Waals surface area contributed by atoms with Gasteiger partial charge >= 0.3 is 0 Å². The van der Waals surface area contributed by atoms with Gasteiger partial charge in [0.05, 0.1) is 28.9 Å². The summed E-state index contributed by atoms with van der Waals surface area (Å²) in [4.78, 5) is 21.0. The van der Waals surface area contributed by atoms with E-state index in [4.69, 9.17) is 9.72 Å². The minimum absolute atomic E-state index is 0.0453. The monoisotopic (exact) mass is 457 g/mol. The molecule has 0 saturated carbocycles. The smallest absolute Gasteiger partial charge is 0.266 e. The van der Waals surface area contributed by atoms with E-state index >= 15 is 0 Å². The summed E-state index contributed by atoms with van der Waals surface area (Å²) in [5, 5.41) is 20.2. The summed E-state index contributed by atoms with van der Waals surface area (Å²) in [7, 11) is 0. The van der Waals surface area contributed by atoms with Crippen LogP contribution >= 0.6 is 0 Å². The normalized spacial score (nSPS) is 13.9. The van der Waals surface area contributed by atoms with Crippen LogP contribution in [0.4, 0.5) is 5.69 Å². The molecule has 174 valence electrons. The lowest BCUT2D eigenvalue weighted by molar-refractivity contribution is 0.340. The van der Waals surface area contributed by atoms with Crippen molar-refractivity contribution in [2.24, 2.45) is 0 Å². The van der Waals surface area contributed by atoms with Gasteiger partial charge in [-0.2, -0.15) is 0 Å². The van der Waals surface area contributed by atoms with Gasteiger partial charge in [0, 0.05) is 30.8 Å².